The van der Waals surface area contributed by atoms with E-state index in [2.05, 4.69) is 5.32 Å². The van der Waals surface area contributed by atoms with Crippen LogP contribution in [0.25, 0.3) is 0 Å². The Morgan fingerprint density at radius 2 is 2.00 bits per heavy atom. The van der Waals surface area contributed by atoms with E-state index in [0.29, 0.717) is 24.7 Å². The van der Waals surface area contributed by atoms with Gasteiger partial charge in [-0.15, -0.1) is 0 Å². The lowest BCUT2D eigenvalue weighted by Crippen LogP contribution is -2.44. The number of aryl methyl sites for hydroxylation is 1. The van der Waals surface area contributed by atoms with Crippen LogP contribution in [0.1, 0.15) is 24.1 Å². The normalized spacial score (nSPS) is 20.7. The second kappa shape index (κ2) is 6.37. The number of nitrogens with zero attached hydrogens (tertiary/aromatic N) is 1. The molecule has 0 spiro atoms. The monoisotopic (exact) mass is 352 g/mol. The van der Waals surface area contributed by atoms with Crippen molar-refractivity contribution < 1.29 is 19.1 Å². The number of hydrogen-bond donors (Lipinski definition) is 1. The smallest absolute Gasteiger partial charge is 0.254 e. The van der Waals surface area contributed by atoms with Crippen molar-refractivity contribution in [2.24, 2.45) is 0 Å². The minimum Gasteiger partial charge on any atom is -0.486 e. The molecule has 2 amide bonds. The quantitative estimate of drug-likeness (QED) is 0.921. The molecule has 26 heavy (non-hydrogen) atoms. The van der Waals surface area contributed by atoms with Crippen LogP contribution in [-0.2, 0) is 9.59 Å². The number of anilines is 1. The van der Waals surface area contributed by atoms with Gasteiger partial charge < -0.3 is 19.7 Å². The standard InChI is InChI=1S/C20H20N2O4/c1-12-7-8-16-15(9-12)19(21-13(2)23)20(24)22(16)10-14-11-25-17-5-3-4-6-18(17)26-14/h3-9,14,19H,10-11H2,1-2H3,(H,21,23)/t14-,19-/m1/s1. The van der Waals surface area contributed by atoms with Gasteiger partial charge in [0, 0.05) is 18.2 Å². The van der Waals surface area contributed by atoms with Gasteiger partial charge in [0.2, 0.25) is 5.91 Å². The van der Waals surface area contributed by atoms with E-state index in [1.54, 1.807) is 4.90 Å². The van der Waals surface area contributed by atoms with Crippen LogP contribution < -0.4 is 19.7 Å². The molecule has 0 saturated heterocycles. The predicted octanol–water partition coefficient (Wildman–Crippen LogP) is 2.36. The molecule has 0 unspecified atom stereocenters. The largest absolute Gasteiger partial charge is 0.486 e. The highest BCUT2D eigenvalue weighted by Crippen LogP contribution is 2.38. The summed E-state index contributed by atoms with van der Waals surface area (Å²) >= 11 is 0. The van der Waals surface area contributed by atoms with E-state index >= 15 is 0 Å². The first-order valence-corrected chi connectivity index (χ1v) is 8.60. The Hall–Kier alpha value is -3.02. The van der Waals surface area contributed by atoms with Crippen molar-refractivity contribution in [3.05, 3.63) is 53.6 Å². The Morgan fingerprint density at radius 1 is 1.23 bits per heavy atom. The first kappa shape index (κ1) is 16.4. The summed E-state index contributed by atoms with van der Waals surface area (Å²) < 4.78 is 11.7. The summed E-state index contributed by atoms with van der Waals surface area (Å²) in [6, 6.07) is 12.7. The van der Waals surface area contributed by atoms with Crippen LogP contribution in [-0.4, -0.2) is 31.1 Å². The minimum absolute atomic E-state index is 0.150. The summed E-state index contributed by atoms with van der Waals surface area (Å²) in [7, 11) is 0. The van der Waals surface area contributed by atoms with Gasteiger partial charge in [0.25, 0.3) is 5.91 Å². The number of fused-ring (bicyclic) bond motifs is 2. The first-order valence-electron chi connectivity index (χ1n) is 8.60. The molecule has 0 radical (unpaired) electrons. The second-order valence-corrected chi connectivity index (χ2v) is 6.64. The Morgan fingerprint density at radius 3 is 2.77 bits per heavy atom. The molecular formula is C20H20N2O4. The van der Waals surface area contributed by atoms with E-state index in [1.165, 1.54) is 6.92 Å². The topological polar surface area (TPSA) is 67.9 Å². The van der Waals surface area contributed by atoms with Crippen LogP contribution in [0.15, 0.2) is 42.5 Å². The number of rotatable bonds is 3. The molecule has 0 aliphatic carbocycles. The summed E-state index contributed by atoms with van der Waals surface area (Å²) in [6.45, 7) is 4.11. The third-order valence-electron chi connectivity index (χ3n) is 4.60. The van der Waals surface area contributed by atoms with E-state index in [9.17, 15) is 9.59 Å². The Balaban J connectivity index is 1.59. The van der Waals surface area contributed by atoms with E-state index in [1.807, 2.05) is 49.4 Å². The number of para-hydroxylation sites is 2. The van der Waals surface area contributed by atoms with Crippen LogP contribution in [0, 0.1) is 6.92 Å². The fourth-order valence-corrected chi connectivity index (χ4v) is 3.45. The van der Waals surface area contributed by atoms with Crippen molar-refractivity contribution in [3.8, 4) is 11.5 Å². The van der Waals surface area contributed by atoms with E-state index in [0.717, 1.165) is 16.8 Å². The van der Waals surface area contributed by atoms with Gasteiger partial charge in [-0.05, 0) is 25.1 Å². The zero-order chi connectivity index (χ0) is 18.3. The van der Waals surface area contributed by atoms with Gasteiger partial charge >= 0.3 is 0 Å². The van der Waals surface area contributed by atoms with Gasteiger partial charge in [-0.25, -0.2) is 0 Å². The number of benzene rings is 2. The lowest BCUT2D eigenvalue weighted by atomic mass is 10.1. The molecular weight excluding hydrogens is 332 g/mol. The molecule has 0 fully saturated rings. The van der Waals surface area contributed by atoms with Gasteiger partial charge in [-0.3, -0.25) is 9.59 Å². The average Bonchev–Trinajstić information content (AvgIpc) is 2.86. The summed E-state index contributed by atoms with van der Waals surface area (Å²) in [5, 5.41) is 2.76. The van der Waals surface area contributed by atoms with Gasteiger partial charge in [-0.1, -0.05) is 29.8 Å². The van der Waals surface area contributed by atoms with Crippen LogP contribution in [0.2, 0.25) is 0 Å². The third kappa shape index (κ3) is 2.87. The maximum absolute atomic E-state index is 12.9. The third-order valence-corrected chi connectivity index (χ3v) is 4.60. The molecule has 6 nitrogen and oxygen atoms in total. The molecule has 1 N–H and O–H groups in total. The Kier molecular flexibility index (Phi) is 4.03. The molecule has 2 heterocycles. The second-order valence-electron chi connectivity index (χ2n) is 6.64. The van der Waals surface area contributed by atoms with Gasteiger partial charge in [0.1, 0.15) is 12.6 Å². The molecule has 2 aliphatic rings. The highest BCUT2D eigenvalue weighted by atomic mass is 16.6. The number of nitrogens with one attached hydrogen (secondary N) is 1. The summed E-state index contributed by atoms with van der Waals surface area (Å²) in [4.78, 5) is 26.2. The maximum Gasteiger partial charge on any atom is 0.254 e. The van der Waals surface area contributed by atoms with Gasteiger partial charge in [0.15, 0.2) is 17.6 Å². The average molecular weight is 352 g/mol. The molecule has 6 heteroatoms. The maximum atomic E-state index is 12.9. The first-order chi connectivity index (χ1) is 12.5. The van der Waals surface area contributed by atoms with Gasteiger partial charge in [-0.2, -0.15) is 0 Å². The highest BCUT2D eigenvalue weighted by Gasteiger charge is 2.39. The van der Waals surface area contributed by atoms with E-state index < -0.39 is 6.04 Å². The van der Waals surface area contributed by atoms with Crippen LogP contribution in [0.4, 0.5) is 5.69 Å². The summed E-state index contributed by atoms with van der Waals surface area (Å²) in [5.41, 5.74) is 2.67. The van der Waals surface area contributed by atoms with Crippen LogP contribution in [0.5, 0.6) is 11.5 Å². The molecule has 2 aromatic carbocycles. The zero-order valence-electron chi connectivity index (χ0n) is 14.7. The number of carbonyl (C=O) groups excluding carboxylic acids is 2. The minimum atomic E-state index is -0.654. The molecule has 2 aliphatic heterocycles. The van der Waals surface area contributed by atoms with E-state index in [4.69, 9.17) is 9.47 Å². The fourth-order valence-electron chi connectivity index (χ4n) is 3.45. The lowest BCUT2D eigenvalue weighted by Gasteiger charge is -2.30. The van der Waals surface area contributed by atoms with Crippen molar-refractivity contribution in [1.82, 2.24) is 5.32 Å². The van der Waals surface area contributed by atoms with Crippen molar-refractivity contribution >= 4 is 17.5 Å². The Labute approximate surface area is 151 Å². The number of hydrogen-bond acceptors (Lipinski definition) is 4. The molecule has 0 bridgehead atoms. The highest BCUT2D eigenvalue weighted by molar-refractivity contribution is 6.06. The zero-order valence-corrected chi connectivity index (χ0v) is 14.7. The molecule has 2 aromatic rings. The number of ether oxygens (including phenoxy) is 2. The summed E-state index contributed by atoms with van der Waals surface area (Å²) in [6.07, 6.45) is -0.279. The van der Waals surface area contributed by atoms with Crippen molar-refractivity contribution in [3.63, 3.8) is 0 Å². The number of carbonyl (C=O) groups is 2. The molecule has 2 atom stereocenters. The number of amides is 2. The van der Waals surface area contributed by atoms with Crippen molar-refractivity contribution in [2.45, 2.75) is 26.0 Å². The van der Waals surface area contributed by atoms with E-state index in [-0.39, 0.29) is 17.9 Å². The lowest BCUT2D eigenvalue weighted by molar-refractivity contribution is -0.126. The molecule has 4 rings (SSSR count). The van der Waals surface area contributed by atoms with Crippen LogP contribution in [0.3, 0.4) is 0 Å². The van der Waals surface area contributed by atoms with Crippen LogP contribution >= 0.6 is 0 Å². The molecule has 0 saturated carbocycles. The molecule has 134 valence electrons. The SMILES string of the molecule is CC(=O)N[C@H]1C(=O)N(C[C@@H]2COc3ccccc3O2)c2ccc(C)cc21. The predicted molar refractivity (Wildman–Crippen MR) is 96.4 cm³/mol. The van der Waals surface area contributed by atoms with Crippen molar-refractivity contribution in [1.29, 1.82) is 0 Å². The molecule has 0 aromatic heterocycles. The summed E-state index contributed by atoms with van der Waals surface area (Å²) in [5.74, 6) is 1.01. The van der Waals surface area contributed by atoms with Gasteiger partial charge in [0.05, 0.1) is 6.54 Å². The Bertz CT molecular complexity index is 880. The fraction of sp³-hybridized carbons (Fsp3) is 0.300. The van der Waals surface area contributed by atoms with Crippen molar-refractivity contribution in [2.75, 3.05) is 18.1 Å².